The first kappa shape index (κ1) is 18.7. The van der Waals surface area contributed by atoms with Gasteiger partial charge in [0, 0.05) is 0 Å². The molecule has 0 atom stereocenters. The van der Waals surface area contributed by atoms with E-state index in [0.29, 0.717) is 0 Å². The van der Waals surface area contributed by atoms with E-state index in [4.69, 9.17) is 0 Å². The van der Waals surface area contributed by atoms with E-state index >= 15 is 0 Å². The fourth-order valence-corrected chi connectivity index (χ4v) is 0.854. The molecule has 0 rings (SSSR count). The van der Waals surface area contributed by atoms with Crippen molar-refractivity contribution in [1.82, 2.24) is 5.32 Å². The molecular weight excluding hydrogens is 158 g/mol. The van der Waals surface area contributed by atoms with Crippen molar-refractivity contribution in [2.75, 3.05) is 13.1 Å². The number of rotatable bonds is 6. The van der Waals surface area contributed by atoms with Gasteiger partial charge in [-0.2, -0.15) is 0 Å². The van der Waals surface area contributed by atoms with Crippen LogP contribution >= 0.6 is 0 Å². The molecular formula is C12H31N. The van der Waals surface area contributed by atoms with Gasteiger partial charge in [0.25, 0.3) is 0 Å². The van der Waals surface area contributed by atoms with Gasteiger partial charge in [0.2, 0.25) is 0 Å². The van der Waals surface area contributed by atoms with Crippen LogP contribution in [-0.2, 0) is 0 Å². The van der Waals surface area contributed by atoms with Crippen LogP contribution in [0.2, 0.25) is 0 Å². The van der Waals surface area contributed by atoms with E-state index in [1.165, 1.54) is 32.2 Å². The fourth-order valence-electron chi connectivity index (χ4n) is 0.854. The lowest BCUT2D eigenvalue weighted by Gasteiger charge is -1.98. The van der Waals surface area contributed by atoms with Crippen LogP contribution in [0.15, 0.2) is 0 Å². The molecule has 1 heteroatoms. The van der Waals surface area contributed by atoms with Crippen LogP contribution in [0.3, 0.4) is 0 Å². The monoisotopic (exact) mass is 189 g/mol. The lowest BCUT2D eigenvalue weighted by atomic mass is 10.2. The van der Waals surface area contributed by atoms with Gasteiger partial charge in [0.05, 0.1) is 0 Å². The third kappa shape index (κ3) is 33.4. The second-order valence-corrected chi connectivity index (χ2v) is 2.41. The minimum atomic E-state index is 1.12. The molecule has 0 radical (unpaired) electrons. The van der Waals surface area contributed by atoms with Crippen molar-refractivity contribution in [3.8, 4) is 0 Å². The zero-order valence-electron chi connectivity index (χ0n) is 10.7. The maximum atomic E-state index is 3.31. The Hall–Kier alpha value is -0.0400. The lowest BCUT2D eigenvalue weighted by molar-refractivity contribution is 0.611. The van der Waals surface area contributed by atoms with Crippen molar-refractivity contribution >= 4 is 0 Å². The van der Waals surface area contributed by atoms with Gasteiger partial charge in [-0.1, -0.05) is 60.8 Å². The summed E-state index contributed by atoms with van der Waals surface area (Å²) >= 11 is 0. The predicted octanol–water partition coefficient (Wildman–Crippen LogP) is 4.23. The van der Waals surface area contributed by atoms with Gasteiger partial charge in [-0.05, 0) is 19.5 Å². The molecule has 0 aromatic rings. The molecule has 0 fully saturated rings. The smallest absolute Gasteiger partial charge is 0.00490 e. The average molecular weight is 189 g/mol. The van der Waals surface area contributed by atoms with E-state index in [2.05, 4.69) is 19.2 Å². The van der Waals surface area contributed by atoms with E-state index in [1.54, 1.807) is 0 Å². The van der Waals surface area contributed by atoms with E-state index in [0.717, 1.165) is 6.54 Å². The summed E-state index contributed by atoms with van der Waals surface area (Å²) in [4.78, 5) is 0. The highest BCUT2D eigenvalue weighted by Gasteiger charge is 1.84. The van der Waals surface area contributed by atoms with Crippen LogP contribution in [0, 0.1) is 0 Å². The summed E-state index contributed by atoms with van der Waals surface area (Å²) < 4.78 is 0. The van der Waals surface area contributed by atoms with Gasteiger partial charge >= 0.3 is 0 Å². The standard InChI is InChI=1S/C8H19N.2C2H6/c1-3-5-6-7-8-9-4-2;2*1-2/h9H,3-8H2,1-2H3;2*1-2H3. The summed E-state index contributed by atoms with van der Waals surface area (Å²) in [5.74, 6) is 0. The second-order valence-electron chi connectivity index (χ2n) is 2.41. The van der Waals surface area contributed by atoms with Gasteiger partial charge in [-0.3, -0.25) is 0 Å². The maximum absolute atomic E-state index is 3.31. The van der Waals surface area contributed by atoms with Crippen LogP contribution < -0.4 is 5.32 Å². The predicted molar refractivity (Wildman–Crippen MR) is 65.4 cm³/mol. The Morgan fingerprint density at radius 1 is 0.769 bits per heavy atom. The summed E-state index contributed by atoms with van der Waals surface area (Å²) in [7, 11) is 0. The second kappa shape index (κ2) is 29.7. The highest BCUT2D eigenvalue weighted by molar-refractivity contribution is 4.44. The Morgan fingerprint density at radius 3 is 1.69 bits per heavy atom. The van der Waals surface area contributed by atoms with Crippen LogP contribution in [0.25, 0.3) is 0 Å². The van der Waals surface area contributed by atoms with Gasteiger partial charge in [-0.15, -0.1) is 0 Å². The van der Waals surface area contributed by atoms with Crippen LogP contribution in [0.1, 0.15) is 67.2 Å². The van der Waals surface area contributed by atoms with Crippen molar-refractivity contribution < 1.29 is 0 Å². The molecule has 13 heavy (non-hydrogen) atoms. The number of unbranched alkanes of at least 4 members (excludes halogenated alkanes) is 3. The van der Waals surface area contributed by atoms with E-state index < -0.39 is 0 Å². The topological polar surface area (TPSA) is 12.0 Å². The molecule has 1 N–H and O–H groups in total. The minimum absolute atomic E-state index is 1.12. The van der Waals surface area contributed by atoms with E-state index in [9.17, 15) is 0 Å². The number of hydrogen-bond donors (Lipinski definition) is 1. The van der Waals surface area contributed by atoms with Crippen molar-refractivity contribution in [1.29, 1.82) is 0 Å². The molecule has 0 aliphatic rings. The molecule has 0 aliphatic carbocycles. The van der Waals surface area contributed by atoms with Crippen LogP contribution in [0.5, 0.6) is 0 Å². The summed E-state index contributed by atoms with van der Waals surface area (Å²) in [5.41, 5.74) is 0. The first-order chi connectivity index (χ1) is 6.41. The van der Waals surface area contributed by atoms with E-state index in [-0.39, 0.29) is 0 Å². The molecule has 1 nitrogen and oxygen atoms in total. The number of nitrogens with one attached hydrogen (secondary N) is 1. The Kier molecular flexibility index (Phi) is 42.6. The highest BCUT2D eigenvalue weighted by Crippen LogP contribution is 1.96. The van der Waals surface area contributed by atoms with Gasteiger partial charge in [-0.25, -0.2) is 0 Å². The van der Waals surface area contributed by atoms with E-state index in [1.807, 2.05) is 27.7 Å². The molecule has 0 aliphatic heterocycles. The summed E-state index contributed by atoms with van der Waals surface area (Å²) in [6, 6.07) is 0. The van der Waals surface area contributed by atoms with Gasteiger partial charge in [0.1, 0.15) is 0 Å². The third-order valence-electron chi connectivity index (χ3n) is 1.46. The Bertz CT molecular complexity index is 38.4. The summed E-state index contributed by atoms with van der Waals surface area (Å²) in [6.45, 7) is 14.7. The average Bonchev–Trinajstić information content (AvgIpc) is 2.24. The Morgan fingerprint density at radius 2 is 1.31 bits per heavy atom. The van der Waals surface area contributed by atoms with Crippen molar-refractivity contribution in [3.05, 3.63) is 0 Å². The van der Waals surface area contributed by atoms with Gasteiger partial charge in [0.15, 0.2) is 0 Å². The molecule has 0 bridgehead atoms. The molecule has 0 saturated heterocycles. The first-order valence-corrected chi connectivity index (χ1v) is 6.12. The Balaban J connectivity index is -0.000000218. The third-order valence-corrected chi connectivity index (χ3v) is 1.46. The quantitative estimate of drug-likeness (QED) is 0.617. The van der Waals surface area contributed by atoms with Crippen LogP contribution in [-0.4, -0.2) is 13.1 Å². The normalized spacial score (nSPS) is 7.85. The Labute approximate surface area is 86.3 Å². The van der Waals surface area contributed by atoms with Gasteiger partial charge < -0.3 is 5.32 Å². The van der Waals surface area contributed by atoms with Crippen LogP contribution in [0.4, 0.5) is 0 Å². The zero-order valence-corrected chi connectivity index (χ0v) is 10.7. The SMILES string of the molecule is CC.CC.CCCCCCNCC. The molecule has 0 unspecified atom stereocenters. The first-order valence-electron chi connectivity index (χ1n) is 6.12. The molecule has 0 aromatic heterocycles. The molecule has 0 aromatic carbocycles. The lowest BCUT2D eigenvalue weighted by Crippen LogP contribution is -2.13. The molecule has 0 heterocycles. The van der Waals surface area contributed by atoms with Crippen molar-refractivity contribution in [3.63, 3.8) is 0 Å². The van der Waals surface area contributed by atoms with Crippen molar-refractivity contribution in [2.24, 2.45) is 0 Å². The zero-order chi connectivity index (χ0) is 10.9. The summed E-state index contributed by atoms with van der Waals surface area (Å²) in [5, 5.41) is 3.31. The highest BCUT2D eigenvalue weighted by atomic mass is 14.8. The number of hydrogen-bond acceptors (Lipinski definition) is 1. The largest absolute Gasteiger partial charge is 0.317 e. The maximum Gasteiger partial charge on any atom is -0.00490 e. The molecule has 84 valence electrons. The fraction of sp³-hybridized carbons (Fsp3) is 1.00. The molecule has 0 amide bonds. The minimum Gasteiger partial charge on any atom is -0.317 e. The van der Waals surface area contributed by atoms with Crippen molar-refractivity contribution in [2.45, 2.75) is 67.2 Å². The molecule has 0 spiro atoms. The molecule has 0 saturated carbocycles. The summed E-state index contributed by atoms with van der Waals surface area (Å²) in [6.07, 6.45) is 5.47.